The maximum atomic E-state index is 12.6. The second-order valence-corrected chi connectivity index (χ2v) is 7.15. The van der Waals surface area contributed by atoms with Gasteiger partial charge >= 0.3 is 6.18 Å². The molecule has 13 heteroatoms. The molecule has 4 aromatic heterocycles. The van der Waals surface area contributed by atoms with Crippen molar-refractivity contribution in [2.75, 3.05) is 6.61 Å². The van der Waals surface area contributed by atoms with Crippen molar-refractivity contribution in [2.24, 2.45) is 0 Å². The van der Waals surface area contributed by atoms with Crippen LogP contribution >= 0.6 is 0 Å². The van der Waals surface area contributed by atoms with Crippen molar-refractivity contribution in [2.45, 2.75) is 26.1 Å². The van der Waals surface area contributed by atoms with E-state index in [0.717, 1.165) is 17.0 Å². The Bertz CT molecular complexity index is 1320. The van der Waals surface area contributed by atoms with Crippen LogP contribution in [-0.4, -0.2) is 53.7 Å². The van der Waals surface area contributed by atoms with E-state index in [1.165, 1.54) is 18.5 Å². The van der Waals surface area contributed by atoms with E-state index in [1.807, 2.05) is 0 Å². The summed E-state index contributed by atoms with van der Waals surface area (Å²) in [5.41, 5.74) is 1.16. The first-order valence-electron chi connectivity index (χ1n) is 9.43. The molecule has 0 aromatic carbocycles. The van der Waals surface area contributed by atoms with E-state index in [2.05, 4.69) is 15.1 Å². The molecule has 0 atom stereocenters. The van der Waals surface area contributed by atoms with Gasteiger partial charge < -0.3 is 14.9 Å². The SMILES string of the molecule is Cc1cc(-c2cncc(OCC(F)F)c2)nc2c(O)n(-c3cnn(CC(F)(F)F)c3)c(O)c12. The van der Waals surface area contributed by atoms with Gasteiger partial charge in [0.2, 0.25) is 11.8 Å². The minimum atomic E-state index is -4.50. The second kappa shape index (κ2) is 8.22. The third-order valence-corrected chi connectivity index (χ3v) is 4.68. The molecule has 8 nitrogen and oxygen atoms in total. The molecular formula is C20H16F5N5O3. The first kappa shape index (κ1) is 22.3. The fraction of sp³-hybridized carbons (Fsp3) is 0.250. The van der Waals surface area contributed by atoms with Crippen LogP contribution in [-0.2, 0) is 6.54 Å². The molecule has 0 aliphatic rings. The van der Waals surface area contributed by atoms with Gasteiger partial charge in [-0.2, -0.15) is 18.3 Å². The van der Waals surface area contributed by atoms with Crippen molar-refractivity contribution in [1.29, 1.82) is 0 Å². The number of fused-ring (bicyclic) bond motifs is 1. The van der Waals surface area contributed by atoms with Crippen LogP contribution in [0, 0.1) is 6.92 Å². The molecule has 33 heavy (non-hydrogen) atoms. The van der Waals surface area contributed by atoms with Crippen LogP contribution in [0.1, 0.15) is 5.56 Å². The fourth-order valence-electron chi connectivity index (χ4n) is 3.36. The van der Waals surface area contributed by atoms with E-state index in [0.29, 0.717) is 21.5 Å². The highest BCUT2D eigenvalue weighted by molar-refractivity contribution is 5.95. The quantitative estimate of drug-likeness (QED) is 0.411. The van der Waals surface area contributed by atoms with E-state index in [-0.39, 0.29) is 22.3 Å². The Labute approximate surface area is 182 Å². The predicted octanol–water partition coefficient (Wildman–Crippen LogP) is 4.21. The van der Waals surface area contributed by atoms with Crippen molar-refractivity contribution in [1.82, 2.24) is 24.3 Å². The molecule has 0 aliphatic heterocycles. The predicted molar refractivity (Wildman–Crippen MR) is 106 cm³/mol. The van der Waals surface area contributed by atoms with Crippen molar-refractivity contribution in [3.05, 3.63) is 42.5 Å². The largest absolute Gasteiger partial charge is 0.494 e. The molecule has 0 radical (unpaired) electrons. The first-order chi connectivity index (χ1) is 15.5. The van der Waals surface area contributed by atoms with Crippen LogP contribution in [0.15, 0.2) is 36.9 Å². The van der Waals surface area contributed by atoms with Crippen LogP contribution in [0.3, 0.4) is 0 Å². The zero-order valence-corrected chi connectivity index (χ0v) is 16.9. The number of alkyl halides is 5. The average molecular weight is 469 g/mol. The zero-order chi connectivity index (χ0) is 23.9. The highest BCUT2D eigenvalue weighted by Crippen LogP contribution is 2.41. The molecule has 174 valence electrons. The summed E-state index contributed by atoms with van der Waals surface area (Å²) in [6, 6.07) is 3.02. The van der Waals surface area contributed by atoms with Gasteiger partial charge in [-0.15, -0.1) is 0 Å². The average Bonchev–Trinajstić information content (AvgIpc) is 3.27. The molecule has 2 N–H and O–H groups in total. The number of rotatable bonds is 6. The van der Waals surface area contributed by atoms with Crippen LogP contribution < -0.4 is 4.74 Å². The van der Waals surface area contributed by atoms with Crippen molar-refractivity contribution in [3.63, 3.8) is 0 Å². The van der Waals surface area contributed by atoms with E-state index in [9.17, 15) is 32.2 Å². The number of pyridine rings is 2. The molecule has 0 bridgehead atoms. The smallest absolute Gasteiger partial charge is 0.408 e. The summed E-state index contributed by atoms with van der Waals surface area (Å²) in [7, 11) is 0. The molecule has 0 saturated carbocycles. The molecule has 0 unspecified atom stereocenters. The Balaban J connectivity index is 1.76. The lowest BCUT2D eigenvalue weighted by atomic mass is 10.1. The summed E-state index contributed by atoms with van der Waals surface area (Å²) in [6.45, 7) is -0.515. The molecule has 0 spiro atoms. The summed E-state index contributed by atoms with van der Waals surface area (Å²) < 4.78 is 69.2. The molecular weight excluding hydrogens is 453 g/mol. The Hall–Kier alpha value is -3.90. The van der Waals surface area contributed by atoms with Gasteiger partial charge in [-0.25, -0.2) is 18.3 Å². The Morgan fingerprint density at radius 3 is 2.55 bits per heavy atom. The van der Waals surface area contributed by atoms with Crippen molar-refractivity contribution < 1.29 is 36.9 Å². The Morgan fingerprint density at radius 1 is 1.09 bits per heavy atom. The molecule has 4 heterocycles. The number of ether oxygens (including phenoxy) is 1. The van der Waals surface area contributed by atoms with Gasteiger partial charge in [-0.1, -0.05) is 0 Å². The number of hydrogen-bond acceptors (Lipinski definition) is 6. The molecule has 4 aromatic rings. The van der Waals surface area contributed by atoms with Gasteiger partial charge in [0.15, 0.2) is 0 Å². The van der Waals surface area contributed by atoms with Crippen molar-refractivity contribution >= 4 is 10.9 Å². The third-order valence-electron chi connectivity index (χ3n) is 4.68. The van der Waals surface area contributed by atoms with E-state index in [1.54, 1.807) is 13.0 Å². The van der Waals surface area contributed by atoms with Gasteiger partial charge in [-0.05, 0) is 24.6 Å². The summed E-state index contributed by atoms with van der Waals surface area (Å²) in [6.07, 6.45) is -2.40. The lowest BCUT2D eigenvalue weighted by molar-refractivity contribution is -0.142. The lowest BCUT2D eigenvalue weighted by Gasteiger charge is -2.08. The maximum absolute atomic E-state index is 12.6. The highest BCUT2D eigenvalue weighted by Gasteiger charge is 2.29. The van der Waals surface area contributed by atoms with Gasteiger partial charge in [0.05, 0.1) is 29.2 Å². The number of aromatic nitrogens is 5. The maximum Gasteiger partial charge on any atom is 0.408 e. The highest BCUT2D eigenvalue weighted by atomic mass is 19.4. The molecule has 0 amide bonds. The summed E-state index contributed by atoms with van der Waals surface area (Å²) in [5, 5.41) is 25.2. The third kappa shape index (κ3) is 4.52. The Morgan fingerprint density at radius 2 is 1.85 bits per heavy atom. The zero-order valence-electron chi connectivity index (χ0n) is 16.9. The van der Waals surface area contributed by atoms with Gasteiger partial charge in [0, 0.05) is 18.0 Å². The number of aryl methyl sites for hydroxylation is 1. The minimum Gasteiger partial charge on any atom is -0.494 e. The summed E-state index contributed by atoms with van der Waals surface area (Å²) in [5.74, 6) is -0.858. The van der Waals surface area contributed by atoms with Crippen LogP contribution in [0.5, 0.6) is 17.5 Å². The minimum absolute atomic E-state index is 0.00253. The van der Waals surface area contributed by atoms with Crippen LogP contribution in [0.25, 0.3) is 27.8 Å². The van der Waals surface area contributed by atoms with Gasteiger partial charge in [-0.3, -0.25) is 9.67 Å². The van der Waals surface area contributed by atoms with E-state index >= 15 is 0 Å². The van der Waals surface area contributed by atoms with Gasteiger partial charge in [0.25, 0.3) is 6.43 Å². The Kier molecular flexibility index (Phi) is 5.56. The number of nitrogens with zero attached hydrogens (tertiary/aromatic N) is 5. The molecule has 0 aliphatic carbocycles. The van der Waals surface area contributed by atoms with E-state index in [4.69, 9.17) is 4.74 Å². The molecule has 4 rings (SSSR count). The first-order valence-corrected chi connectivity index (χ1v) is 9.43. The van der Waals surface area contributed by atoms with Crippen molar-refractivity contribution in [3.8, 4) is 34.5 Å². The summed E-state index contributed by atoms with van der Waals surface area (Å²) >= 11 is 0. The van der Waals surface area contributed by atoms with Crippen LogP contribution in [0.4, 0.5) is 22.0 Å². The second-order valence-electron chi connectivity index (χ2n) is 7.15. The fourth-order valence-corrected chi connectivity index (χ4v) is 3.36. The van der Waals surface area contributed by atoms with Crippen LogP contribution in [0.2, 0.25) is 0 Å². The monoisotopic (exact) mass is 469 g/mol. The standard InChI is InChI=1S/C20H16F5N5O3/c1-10-2-14(11-3-13(6-26-4-11)33-8-15(21)22)28-17-16(10)18(31)30(19(17)32)12-5-27-29(7-12)9-20(23,24)25/h2-7,15,31-32H,8-9H2,1H3. The molecule has 0 saturated heterocycles. The lowest BCUT2D eigenvalue weighted by Crippen LogP contribution is -2.17. The number of halogens is 5. The van der Waals surface area contributed by atoms with E-state index < -0.39 is 37.5 Å². The number of hydrogen-bond donors (Lipinski definition) is 2. The topological polar surface area (TPSA) is 98.2 Å². The normalized spacial score (nSPS) is 12.1. The number of aromatic hydroxyl groups is 2. The summed E-state index contributed by atoms with van der Waals surface area (Å²) in [4.78, 5) is 8.28. The van der Waals surface area contributed by atoms with Gasteiger partial charge in [0.1, 0.15) is 24.4 Å². The molecule has 0 fully saturated rings.